The number of nitrogens with one attached hydrogen (secondary N) is 1. The number of aromatic nitrogens is 2. The van der Waals surface area contributed by atoms with Crippen LogP contribution in [0.3, 0.4) is 0 Å². The van der Waals surface area contributed by atoms with Crippen LogP contribution in [-0.2, 0) is 7.05 Å². The van der Waals surface area contributed by atoms with E-state index in [2.05, 4.69) is 38.5 Å². The Bertz CT molecular complexity index is 539. The summed E-state index contributed by atoms with van der Waals surface area (Å²) in [7, 11) is 3.85. The molecule has 0 saturated heterocycles. The zero-order valence-electron chi connectivity index (χ0n) is 10.7. The molecule has 3 nitrogen and oxygen atoms in total. The fourth-order valence-corrected chi connectivity index (χ4v) is 3.76. The Morgan fingerprint density at radius 2 is 2.32 bits per heavy atom. The number of benzene rings is 1. The fourth-order valence-electron chi connectivity index (χ4n) is 1.85. The number of thioether (sulfide) groups is 1. The molecular formula is C13H15BrClN3S. The summed E-state index contributed by atoms with van der Waals surface area (Å²) in [6.07, 6.45) is 1.69. The van der Waals surface area contributed by atoms with Gasteiger partial charge in [-0.1, -0.05) is 33.6 Å². The molecule has 0 bridgehead atoms. The van der Waals surface area contributed by atoms with E-state index in [1.807, 2.05) is 30.9 Å². The summed E-state index contributed by atoms with van der Waals surface area (Å²) in [5.74, 6) is 0.895. The van der Waals surface area contributed by atoms with Crippen LogP contribution in [0.5, 0.6) is 0 Å². The lowest BCUT2D eigenvalue weighted by Crippen LogP contribution is -2.22. The fraction of sp³-hybridized carbons (Fsp3) is 0.308. The van der Waals surface area contributed by atoms with Gasteiger partial charge in [0.15, 0.2) is 0 Å². The predicted molar refractivity (Wildman–Crippen MR) is 84.9 cm³/mol. The van der Waals surface area contributed by atoms with Gasteiger partial charge in [-0.3, -0.25) is 4.68 Å². The molecular weight excluding hydrogens is 346 g/mol. The Morgan fingerprint density at radius 1 is 1.53 bits per heavy atom. The summed E-state index contributed by atoms with van der Waals surface area (Å²) >= 11 is 11.5. The molecule has 102 valence electrons. The van der Waals surface area contributed by atoms with E-state index in [1.165, 1.54) is 4.90 Å². The molecule has 19 heavy (non-hydrogen) atoms. The van der Waals surface area contributed by atoms with Crippen LogP contribution in [0.25, 0.3) is 0 Å². The van der Waals surface area contributed by atoms with Gasteiger partial charge in [0.2, 0.25) is 0 Å². The van der Waals surface area contributed by atoms with Crippen molar-refractivity contribution in [2.45, 2.75) is 10.9 Å². The van der Waals surface area contributed by atoms with Crippen molar-refractivity contribution in [3.05, 3.63) is 45.7 Å². The van der Waals surface area contributed by atoms with Crippen molar-refractivity contribution in [3.63, 3.8) is 0 Å². The summed E-state index contributed by atoms with van der Waals surface area (Å²) in [6, 6.07) is 8.45. The van der Waals surface area contributed by atoms with Gasteiger partial charge < -0.3 is 5.32 Å². The van der Waals surface area contributed by atoms with Gasteiger partial charge in [0.1, 0.15) is 0 Å². The van der Waals surface area contributed by atoms with Crippen molar-refractivity contribution in [2.24, 2.45) is 7.05 Å². The largest absolute Gasteiger partial charge is 0.311 e. The molecule has 1 aromatic carbocycles. The molecule has 0 fully saturated rings. The Labute approximate surface area is 130 Å². The van der Waals surface area contributed by atoms with Crippen LogP contribution in [0.2, 0.25) is 5.02 Å². The maximum atomic E-state index is 6.19. The smallest absolute Gasteiger partial charge is 0.0834 e. The average Bonchev–Trinajstić information content (AvgIpc) is 2.71. The van der Waals surface area contributed by atoms with Gasteiger partial charge in [-0.25, -0.2) is 0 Å². The van der Waals surface area contributed by atoms with Gasteiger partial charge in [-0.15, -0.1) is 11.8 Å². The molecule has 0 aliphatic rings. The number of nitrogens with zero attached hydrogens (tertiary/aromatic N) is 2. The van der Waals surface area contributed by atoms with Crippen LogP contribution in [0.4, 0.5) is 0 Å². The monoisotopic (exact) mass is 359 g/mol. The highest BCUT2D eigenvalue weighted by Crippen LogP contribution is 2.29. The van der Waals surface area contributed by atoms with Gasteiger partial charge in [-0.2, -0.15) is 5.10 Å². The molecule has 1 heterocycles. The van der Waals surface area contributed by atoms with Crippen LogP contribution in [-0.4, -0.2) is 22.6 Å². The third-order valence-corrected chi connectivity index (χ3v) is 4.70. The third kappa shape index (κ3) is 3.75. The summed E-state index contributed by atoms with van der Waals surface area (Å²) < 4.78 is 2.92. The number of rotatable bonds is 5. The van der Waals surface area contributed by atoms with E-state index in [-0.39, 0.29) is 6.04 Å². The van der Waals surface area contributed by atoms with Gasteiger partial charge in [0.05, 0.1) is 23.0 Å². The molecule has 0 radical (unpaired) electrons. The minimum absolute atomic E-state index is 0.170. The van der Waals surface area contributed by atoms with Crippen molar-refractivity contribution < 1.29 is 0 Å². The topological polar surface area (TPSA) is 29.9 Å². The number of halogens is 2. The quantitative estimate of drug-likeness (QED) is 0.820. The minimum Gasteiger partial charge on any atom is -0.311 e. The molecule has 1 aromatic heterocycles. The van der Waals surface area contributed by atoms with Gasteiger partial charge in [-0.05, 0) is 25.2 Å². The summed E-state index contributed by atoms with van der Waals surface area (Å²) in [6.45, 7) is 0. The zero-order valence-corrected chi connectivity index (χ0v) is 13.9. The van der Waals surface area contributed by atoms with E-state index >= 15 is 0 Å². The SMILES string of the molecule is CNC(CSc1cccc(Br)c1)c1c(Cl)cnn1C. The van der Waals surface area contributed by atoms with E-state index in [9.17, 15) is 0 Å². The van der Waals surface area contributed by atoms with E-state index in [0.717, 1.165) is 15.9 Å². The first kappa shape index (κ1) is 14.9. The first-order valence-corrected chi connectivity index (χ1v) is 8.00. The molecule has 0 amide bonds. The predicted octanol–water partition coefficient (Wildman–Crippen LogP) is 3.89. The maximum Gasteiger partial charge on any atom is 0.0834 e. The highest BCUT2D eigenvalue weighted by Gasteiger charge is 2.17. The van der Waals surface area contributed by atoms with Crippen molar-refractivity contribution in [3.8, 4) is 0 Å². The van der Waals surface area contributed by atoms with E-state index in [4.69, 9.17) is 11.6 Å². The van der Waals surface area contributed by atoms with Crippen LogP contribution >= 0.6 is 39.3 Å². The van der Waals surface area contributed by atoms with Crippen LogP contribution in [0.1, 0.15) is 11.7 Å². The molecule has 2 aromatic rings. The Balaban J connectivity index is 2.08. The number of hydrogen-bond acceptors (Lipinski definition) is 3. The van der Waals surface area contributed by atoms with Gasteiger partial charge >= 0.3 is 0 Å². The Hall–Kier alpha value is -0.490. The molecule has 6 heteroatoms. The van der Waals surface area contributed by atoms with Crippen LogP contribution < -0.4 is 5.32 Å². The molecule has 1 N–H and O–H groups in total. The van der Waals surface area contributed by atoms with Crippen molar-refractivity contribution in [2.75, 3.05) is 12.8 Å². The number of aryl methyl sites for hydroxylation is 1. The lowest BCUT2D eigenvalue weighted by molar-refractivity contribution is 0.586. The van der Waals surface area contributed by atoms with Crippen molar-refractivity contribution >= 4 is 39.3 Å². The second-order valence-corrected chi connectivity index (χ2v) is 6.53. The Morgan fingerprint density at radius 3 is 2.89 bits per heavy atom. The summed E-state index contributed by atoms with van der Waals surface area (Å²) in [5.41, 5.74) is 1.02. The van der Waals surface area contributed by atoms with Crippen molar-refractivity contribution in [1.82, 2.24) is 15.1 Å². The lowest BCUT2D eigenvalue weighted by atomic mass is 10.2. The highest BCUT2D eigenvalue weighted by molar-refractivity contribution is 9.10. The van der Waals surface area contributed by atoms with Crippen molar-refractivity contribution in [1.29, 1.82) is 0 Å². The molecule has 0 saturated carbocycles. The molecule has 0 aliphatic heterocycles. The lowest BCUT2D eigenvalue weighted by Gasteiger charge is -2.17. The van der Waals surface area contributed by atoms with E-state index in [1.54, 1.807) is 18.0 Å². The van der Waals surface area contributed by atoms with Gasteiger partial charge in [0, 0.05) is 22.2 Å². The molecule has 0 aliphatic carbocycles. The molecule has 1 atom stereocenters. The number of hydrogen-bond donors (Lipinski definition) is 1. The first-order valence-electron chi connectivity index (χ1n) is 5.85. The minimum atomic E-state index is 0.170. The normalized spacial score (nSPS) is 12.6. The summed E-state index contributed by atoms with van der Waals surface area (Å²) in [5, 5.41) is 8.18. The van der Waals surface area contributed by atoms with Crippen LogP contribution in [0, 0.1) is 0 Å². The van der Waals surface area contributed by atoms with Gasteiger partial charge in [0.25, 0.3) is 0 Å². The maximum absolute atomic E-state index is 6.19. The van der Waals surface area contributed by atoms with E-state index in [0.29, 0.717) is 5.02 Å². The van der Waals surface area contributed by atoms with E-state index < -0.39 is 0 Å². The Kier molecular flexibility index (Phi) is 5.33. The molecule has 1 unspecified atom stereocenters. The highest BCUT2D eigenvalue weighted by atomic mass is 79.9. The second kappa shape index (κ2) is 6.79. The molecule has 2 rings (SSSR count). The molecule has 0 spiro atoms. The van der Waals surface area contributed by atoms with Crippen LogP contribution in [0.15, 0.2) is 39.8 Å². The average molecular weight is 361 g/mol. The zero-order chi connectivity index (χ0) is 13.8. The standard InChI is InChI=1S/C13H15BrClN3S/c1-16-12(13-11(15)7-17-18(13)2)8-19-10-5-3-4-9(14)6-10/h3-7,12,16H,8H2,1-2H3. The summed E-state index contributed by atoms with van der Waals surface area (Å²) in [4.78, 5) is 1.23. The second-order valence-electron chi connectivity index (χ2n) is 4.11. The third-order valence-electron chi connectivity index (χ3n) is 2.83. The first-order chi connectivity index (χ1) is 9.11.